The largest absolute Gasteiger partial charge is 0.335 e. The summed E-state index contributed by atoms with van der Waals surface area (Å²) in [5.41, 5.74) is 1.24. The van der Waals surface area contributed by atoms with Crippen LogP contribution in [-0.2, 0) is 26.2 Å². The smallest absolute Gasteiger partial charge is 0.257 e. The molecule has 2 aromatic carbocycles. The van der Waals surface area contributed by atoms with Gasteiger partial charge in [-0.15, -0.1) is 0 Å². The molecule has 1 N–H and O–H groups in total. The molecule has 0 bridgehead atoms. The number of hydrogen-bond acceptors (Lipinski definition) is 4. The summed E-state index contributed by atoms with van der Waals surface area (Å²) in [4.78, 5) is 27.8. The highest BCUT2D eigenvalue weighted by molar-refractivity contribution is 7.93. The molecule has 2 rings (SSSR count). The molecule has 0 aliphatic carbocycles. The lowest BCUT2D eigenvalue weighted by atomic mass is 9.94. The molecule has 1 atom stereocenters. The van der Waals surface area contributed by atoms with Gasteiger partial charge in [-0.25, -0.2) is 17.5 Å². The normalized spacial score (nSPS) is 12.8. The van der Waals surface area contributed by atoms with Crippen molar-refractivity contribution in [2.75, 3.05) is 0 Å². The van der Waals surface area contributed by atoms with E-state index in [2.05, 4.69) is 0 Å². The molecule has 2 aromatic rings. The third-order valence-electron chi connectivity index (χ3n) is 4.95. The van der Waals surface area contributed by atoms with Gasteiger partial charge in [0.1, 0.15) is 11.7 Å². The minimum atomic E-state index is -4.10. The zero-order valence-corrected chi connectivity index (χ0v) is 20.2. The molecule has 0 aliphatic rings. The Morgan fingerprint density at radius 3 is 2.27 bits per heavy atom. The highest BCUT2D eigenvalue weighted by atomic mass is 32.2. The van der Waals surface area contributed by atoms with Gasteiger partial charge in [0.15, 0.2) is 0 Å². The van der Waals surface area contributed by atoms with Crippen molar-refractivity contribution in [3.05, 3.63) is 76.9 Å². The first-order valence-corrected chi connectivity index (χ1v) is 12.4. The number of rotatable bonds is 10. The molecule has 33 heavy (non-hydrogen) atoms. The zero-order chi connectivity index (χ0) is 24.6. The highest BCUT2D eigenvalue weighted by Crippen LogP contribution is 2.20. The van der Waals surface area contributed by atoms with Crippen LogP contribution in [0.5, 0.6) is 0 Å². The van der Waals surface area contributed by atoms with Crippen molar-refractivity contribution in [2.45, 2.75) is 46.7 Å². The highest BCUT2D eigenvalue weighted by Gasteiger charge is 2.34. The van der Waals surface area contributed by atoms with Gasteiger partial charge in [0.2, 0.25) is 11.8 Å². The van der Waals surface area contributed by atoms with E-state index in [1.165, 1.54) is 23.1 Å². The monoisotopic (exact) mass is 474 g/mol. The van der Waals surface area contributed by atoms with E-state index in [-0.39, 0.29) is 24.9 Å². The Hall–Kier alpha value is -3.00. The summed E-state index contributed by atoms with van der Waals surface area (Å²) in [6.45, 7) is 7.39. The molecule has 0 saturated heterocycles. The third-order valence-corrected chi connectivity index (χ3v) is 5.93. The number of nitrogens with zero attached hydrogens (tertiary/aromatic N) is 1. The molecule has 0 aliphatic heterocycles. The summed E-state index contributed by atoms with van der Waals surface area (Å²) >= 11 is 0. The molecule has 1 unspecified atom stereocenters. The van der Waals surface area contributed by atoms with Gasteiger partial charge in [-0.05, 0) is 55.5 Å². The van der Waals surface area contributed by atoms with Crippen LogP contribution < -0.4 is 4.72 Å². The number of benzene rings is 2. The maximum Gasteiger partial charge on any atom is 0.257 e. The second kappa shape index (κ2) is 11.7. The molecular weight excluding hydrogens is 443 g/mol. The van der Waals surface area contributed by atoms with Gasteiger partial charge in [0.25, 0.3) is 10.0 Å². The van der Waals surface area contributed by atoms with Crippen LogP contribution in [0.3, 0.4) is 0 Å². The van der Waals surface area contributed by atoms with Gasteiger partial charge in [0, 0.05) is 12.6 Å². The van der Waals surface area contributed by atoms with Gasteiger partial charge in [-0.3, -0.25) is 9.59 Å². The fourth-order valence-electron chi connectivity index (χ4n) is 3.32. The first-order chi connectivity index (χ1) is 15.5. The second-order valence-corrected chi connectivity index (χ2v) is 10.2. The average Bonchev–Trinajstić information content (AvgIpc) is 2.74. The van der Waals surface area contributed by atoms with Crippen LogP contribution in [0, 0.1) is 17.7 Å². The van der Waals surface area contributed by atoms with Gasteiger partial charge in [-0.1, -0.05) is 56.3 Å². The van der Waals surface area contributed by atoms with E-state index >= 15 is 0 Å². The van der Waals surface area contributed by atoms with Crippen molar-refractivity contribution in [2.24, 2.45) is 11.8 Å². The Balaban J connectivity index is 2.23. The van der Waals surface area contributed by atoms with E-state index in [1.54, 1.807) is 56.3 Å². The first kappa shape index (κ1) is 26.3. The Kier molecular flexibility index (Phi) is 9.34. The molecule has 178 valence electrons. The molecule has 0 spiro atoms. The zero-order valence-electron chi connectivity index (χ0n) is 19.4. The van der Waals surface area contributed by atoms with E-state index in [1.807, 2.05) is 18.6 Å². The van der Waals surface area contributed by atoms with Crippen LogP contribution >= 0.6 is 0 Å². The van der Waals surface area contributed by atoms with Gasteiger partial charge < -0.3 is 4.90 Å². The van der Waals surface area contributed by atoms with Crippen molar-refractivity contribution in [3.63, 3.8) is 0 Å². The summed E-state index contributed by atoms with van der Waals surface area (Å²) in [6, 6.07) is 14.4. The van der Waals surface area contributed by atoms with E-state index in [0.717, 1.165) is 5.41 Å². The fourth-order valence-corrected chi connectivity index (χ4v) is 4.14. The molecule has 6 nitrogen and oxygen atoms in total. The number of amides is 2. The van der Waals surface area contributed by atoms with E-state index < -0.39 is 33.6 Å². The lowest BCUT2D eigenvalue weighted by Gasteiger charge is -2.31. The number of sulfonamides is 1. The van der Waals surface area contributed by atoms with Crippen molar-refractivity contribution in [1.29, 1.82) is 0 Å². The van der Waals surface area contributed by atoms with Crippen molar-refractivity contribution >= 4 is 27.9 Å². The average molecular weight is 475 g/mol. The molecule has 0 aromatic heterocycles. The Bertz CT molecular complexity index is 1080. The predicted molar refractivity (Wildman–Crippen MR) is 128 cm³/mol. The van der Waals surface area contributed by atoms with E-state index in [0.29, 0.717) is 11.1 Å². The maximum absolute atomic E-state index is 13.6. The van der Waals surface area contributed by atoms with Gasteiger partial charge in [0.05, 0.1) is 5.41 Å². The van der Waals surface area contributed by atoms with Gasteiger partial charge in [-0.2, -0.15) is 0 Å². The number of halogens is 1. The molecule has 0 saturated carbocycles. The van der Waals surface area contributed by atoms with Crippen LogP contribution in [0.25, 0.3) is 6.08 Å². The number of carbonyl (C=O) groups excluding carboxylic acids is 2. The quantitative estimate of drug-likeness (QED) is 0.519. The second-order valence-electron chi connectivity index (χ2n) is 8.60. The Morgan fingerprint density at radius 1 is 1.03 bits per heavy atom. The standard InChI is InChI=1S/C25H31FN2O4S/c1-18(2)15-23(24(29)27-33(31,32)14-13-20-9-6-5-7-10-20)25(30)28(19(3)4)17-21-11-8-12-22(26)16-21/h5-14,16,18-19,23H,15,17H2,1-4H3,(H,27,29)/b14-13+. The third kappa shape index (κ3) is 8.46. The van der Waals surface area contributed by atoms with Crippen molar-refractivity contribution in [3.8, 4) is 0 Å². The van der Waals surface area contributed by atoms with Crippen LogP contribution in [-0.4, -0.2) is 31.2 Å². The topological polar surface area (TPSA) is 83.5 Å². The molecule has 0 fully saturated rings. The molecule has 8 heteroatoms. The summed E-state index contributed by atoms with van der Waals surface area (Å²) in [6.07, 6.45) is 1.55. The Labute approximate surface area is 195 Å². The summed E-state index contributed by atoms with van der Waals surface area (Å²) < 4.78 is 40.6. The van der Waals surface area contributed by atoms with E-state index in [4.69, 9.17) is 0 Å². The Morgan fingerprint density at radius 2 is 1.70 bits per heavy atom. The molecular formula is C25H31FN2O4S. The maximum atomic E-state index is 13.6. The van der Waals surface area contributed by atoms with Crippen molar-refractivity contribution < 1.29 is 22.4 Å². The van der Waals surface area contributed by atoms with Crippen LogP contribution in [0.1, 0.15) is 45.2 Å². The molecule has 2 amide bonds. The molecule has 0 heterocycles. The number of carbonyl (C=O) groups is 2. The SMILES string of the molecule is CC(C)CC(C(=O)NS(=O)(=O)/C=C/c1ccccc1)C(=O)N(Cc1cccc(F)c1)C(C)C. The first-order valence-electron chi connectivity index (χ1n) is 10.8. The van der Waals surface area contributed by atoms with E-state index in [9.17, 15) is 22.4 Å². The number of nitrogens with one attached hydrogen (secondary N) is 1. The summed E-state index contributed by atoms with van der Waals surface area (Å²) in [7, 11) is -4.10. The van der Waals surface area contributed by atoms with Gasteiger partial charge >= 0.3 is 0 Å². The van der Waals surface area contributed by atoms with Crippen molar-refractivity contribution in [1.82, 2.24) is 9.62 Å². The van der Waals surface area contributed by atoms with Crippen LogP contribution in [0.2, 0.25) is 0 Å². The van der Waals surface area contributed by atoms with Crippen LogP contribution in [0.15, 0.2) is 60.0 Å². The molecule has 0 radical (unpaired) electrons. The minimum absolute atomic E-state index is 0.0320. The van der Waals surface area contributed by atoms with Crippen LogP contribution in [0.4, 0.5) is 4.39 Å². The lowest BCUT2D eigenvalue weighted by Crippen LogP contribution is -2.47. The summed E-state index contributed by atoms with van der Waals surface area (Å²) in [5, 5.41) is 0.907. The lowest BCUT2D eigenvalue weighted by molar-refractivity contribution is -0.144. The predicted octanol–water partition coefficient (Wildman–Crippen LogP) is 4.34. The minimum Gasteiger partial charge on any atom is -0.335 e. The summed E-state index contributed by atoms with van der Waals surface area (Å²) in [5.74, 6) is -3.02. The number of hydrogen-bond donors (Lipinski definition) is 1. The fraction of sp³-hybridized carbons (Fsp3) is 0.360.